The van der Waals surface area contributed by atoms with E-state index in [4.69, 9.17) is 21.3 Å². The zero-order chi connectivity index (χ0) is 34.3. The van der Waals surface area contributed by atoms with Gasteiger partial charge in [0.05, 0.1) is 0 Å². The summed E-state index contributed by atoms with van der Waals surface area (Å²) in [6.07, 6.45) is 21.4. The summed E-state index contributed by atoms with van der Waals surface area (Å²) in [4.78, 5) is 59.8. The van der Waals surface area contributed by atoms with E-state index in [9.17, 15) is 24.3 Å². The number of rotatable bonds is 33. The number of hydroxylamine groups is 1. The van der Waals surface area contributed by atoms with Crippen LogP contribution in [-0.2, 0) is 29.1 Å². The van der Waals surface area contributed by atoms with Crippen LogP contribution in [0.5, 0.6) is 0 Å². The minimum atomic E-state index is -1.14. The first-order valence-corrected chi connectivity index (χ1v) is 19.0. The van der Waals surface area contributed by atoms with Gasteiger partial charge in [0.1, 0.15) is 18.1 Å². The van der Waals surface area contributed by atoms with Crippen molar-refractivity contribution in [3.63, 3.8) is 0 Å². The standard InChI is InChI=1S/C33H65N5O7S/c1-3-4-5-6-7-8-9-10-11-12-13-14-15-22-30(39)36-29(21-17-19-25-35)33(43)44-45-38-27(23-26-46-2)31(40)37-28(32(41)42)20-16-18-24-34/h27-29,38H,3-26,34-35H2,1-2H3,(H,36,39)(H,37,40)(H,41,42)/t27-,28-,29-/m0/s1. The first-order valence-electron chi connectivity index (χ1n) is 17.6. The maximum Gasteiger partial charge on any atom is 0.366 e. The number of thioether (sulfide) groups is 1. The van der Waals surface area contributed by atoms with Gasteiger partial charge in [0.25, 0.3) is 0 Å². The van der Waals surface area contributed by atoms with Gasteiger partial charge in [-0.05, 0) is 76.5 Å². The molecule has 3 atom stereocenters. The lowest BCUT2D eigenvalue weighted by molar-refractivity contribution is -0.314. The highest BCUT2D eigenvalue weighted by molar-refractivity contribution is 7.98. The van der Waals surface area contributed by atoms with Gasteiger partial charge >= 0.3 is 11.9 Å². The summed E-state index contributed by atoms with van der Waals surface area (Å²) in [5.74, 6) is -2.17. The number of amides is 2. The molecule has 0 spiro atoms. The number of aliphatic carboxylic acids is 1. The van der Waals surface area contributed by atoms with Gasteiger partial charge in [-0.1, -0.05) is 89.0 Å². The van der Waals surface area contributed by atoms with E-state index in [1.54, 1.807) is 0 Å². The number of unbranched alkanes of at least 4 members (excludes halogenated alkanes) is 14. The molecule has 0 aliphatic carbocycles. The molecule has 2 amide bonds. The first kappa shape index (κ1) is 44.1. The monoisotopic (exact) mass is 675 g/mol. The van der Waals surface area contributed by atoms with Crippen LogP contribution in [-0.4, -0.2) is 72.1 Å². The summed E-state index contributed by atoms with van der Waals surface area (Å²) in [6.45, 7) is 3.14. The Bertz CT molecular complexity index is 793. The molecule has 0 saturated heterocycles. The predicted octanol–water partition coefficient (Wildman–Crippen LogP) is 4.88. The highest BCUT2D eigenvalue weighted by atomic mass is 32.2. The normalized spacial score (nSPS) is 13.1. The number of carbonyl (C=O) groups excluding carboxylic acids is 3. The molecule has 0 radical (unpaired) electrons. The van der Waals surface area contributed by atoms with Crippen LogP contribution in [0.25, 0.3) is 0 Å². The fourth-order valence-electron chi connectivity index (χ4n) is 4.99. The van der Waals surface area contributed by atoms with E-state index in [2.05, 4.69) is 23.0 Å². The highest BCUT2D eigenvalue weighted by Crippen LogP contribution is 2.13. The minimum absolute atomic E-state index is 0.225. The second kappa shape index (κ2) is 31.7. The van der Waals surface area contributed by atoms with Gasteiger partial charge in [0.15, 0.2) is 0 Å². The van der Waals surface area contributed by atoms with Crippen molar-refractivity contribution in [2.75, 3.05) is 25.1 Å². The maximum absolute atomic E-state index is 12.8. The summed E-state index contributed by atoms with van der Waals surface area (Å²) in [7, 11) is 0. The van der Waals surface area contributed by atoms with E-state index < -0.39 is 36.0 Å². The largest absolute Gasteiger partial charge is 0.480 e. The van der Waals surface area contributed by atoms with E-state index in [1.165, 1.54) is 76.0 Å². The third-order valence-corrected chi connectivity index (χ3v) is 8.52. The van der Waals surface area contributed by atoms with Crippen LogP contribution in [0.1, 0.15) is 142 Å². The Hall–Kier alpha value is -1.93. The van der Waals surface area contributed by atoms with Crippen LogP contribution >= 0.6 is 11.8 Å². The van der Waals surface area contributed by atoms with E-state index in [-0.39, 0.29) is 12.3 Å². The fourth-order valence-corrected chi connectivity index (χ4v) is 5.47. The Kier molecular flexibility index (Phi) is 30.3. The molecule has 0 fully saturated rings. The zero-order valence-electron chi connectivity index (χ0n) is 28.7. The van der Waals surface area contributed by atoms with E-state index in [0.717, 1.165) is 19.3 Å². The molecule has 0 aromatic rings. The molecular formula is C33H65N5O7S. The number of hydrogen-bond donors (Lipinski definition) is 6. The zero-order valence-corrected chi connectivity index (χ0v) is 29.5. The summed E-state index contributed by atoms with van der Waals surface area (Å²) >= 11 is 1.50. The summed E-state index contributed by atoms with van der Waals surface area (Å²) in [6, 6.07) is -2.95. The van der Waals surface area contributed by atoms with Crippen LogP contribution in [0.15, 0.2) is 0 Å². The SMILES string of the molecule is CCCCCCCCCCCCCCCC(=O)N[C@@H](CCCCN)C(=O)OON[C@@H](CCSC)C(=O)N[C@@H](CCCCN)C(=O)O. The average Bonchev–Trinajstić information content (AvgIpc) is 3.03. The molecule has 0 aliphatic rings. The van der Waals surface area contributed by atoms with Gasteiger partial charge in [-0.15, -0.1) is 5.48 Å². The number of carbonyl (C=O) groups is 4. The Morgan fingerprint density at radius 2 is 1.20 bits per heavy atom. The Morgan fingerprint density at radius 1 is 0.674 bits per heavy atom. The van der Waals surface area contributed by atoms with Crippen molar-refractivity contribution in [2.45, 2.75) is 160 Å². The molecule has 13 heteroatoms. The molecule has 0 heterocycles. The molecule has 0 aromatic carbocycles. The molecule has 12 nitrogen and oxygen atoms in total. The average molecular weight is 676 g/mol. The predicted molar refractivity (Wildman–Crippen MR) is 185 cm³/mol. The molecule has 46 heavy (non-hydrogen) atoms. The topological polar surface area (TPSA) is 195 Å². The van der Waals surface area contributed by atoms with Crippen molar-refractivity contribution in [1.82, 2.24) is 16.1 Å². The van der Waals surface area contributed by atoms with Crippen molar-refractivity contribution in [1.29, 1.82) is 0 Å². The van der Waals surface area contributed by atoms with Crippen LogP contribution in [0, 0.1) is 0 Å². The van der Waals surface area contributed by atoms with Crippen molar-refractivity contribution in [2.24, 2.45) is 11.5 Å². The van der Waals surface area contributed by atoms with Gasteiger partial charge in [-0.2, -0.15) is 11.8 Å². The molecule has 0 rings (SSSR count). The molecular weight excluding hydrogens is 610 g/mol. The number of carboxylic acids is 1. The van der Waals surface area contributed by atoms with Crippen LogP contribution in [0.3, 0.4) is 0 Å². The van der Waals surface area contributed by atoms with Crippen molar-refractivity contribution < 1.29 is 34.2 Å². The maximum atomic E-state index is 12.8. The second-order valence-electron chi connectivity index (χ2n) is 12.0. The van der Waals surface area contributed by atoms with Gasteiger partial charge in [0, 0.05) is 6.42 Å². The summed E-state index contributed by atoms with van der Waals surface area (Å²) in [5.41, 5.74) is 13.5. The molecule has 270 valence electrons. The van der Waals surface area contributed by atoms with E-state index >= 15 is 0 Å². The van der Waals surface area contributed by atoms with E-state index in [0.29, 0.717) is 63.8 Å². The van der Waals surface area contributed by atoms with Crippen molar-refractivity contribution >= 4 is 35.5 Å². The Morgan fingerprint density at radius 3 is 1.70 bits per heavy atom. The summed E-state index contributed by atoms with van der Waals surface area (Å²) in [5, 5.41) is 14.8. The first-order chi connectivity index (χ1) is 22.3. The van der Waals surface area contributed by atoms with Crippen molar-refractivity contribution in [3.8, 4) is 0 Å². The second-order valence-corrected chi connectivity index (χ2v) is 13.0. The highest BCUT2D eigenvalue weighted by Gasteiger charge is 2.27. The molecule has 0 saturated carbocycles. The van der Waals surface area contributed by atoms with Gasteiger partial charge in [-0.25, -0.2) is 9.59 Å². The smallest absolute Gasteiger partial charge is 0.366 e. The number of carboxylic acid groups (broad SMARTS) is 1. The Labute approximate surface area is 281 Å². The number of nitrogens with one attached hydrogen (secondary N) is 3. The van der Waals surface area contributed by atoms with Crippen LogP contribution in [0.2, 0.25) is 0 Å². The molecule has 0 bridgehead atoms. The quantitative estimate of drug-likeness (QED) is 0.0315. The van der Waals surface area contributed by atoms with Crippen molar-refractivity contribution in [3.05, 3.63) is 0 Å². The minimum Gasteiger partial charge on any atom is -0.480 e. The number of hydrogen-bond acceptors (Lipinski definition) is 10. The van der Waals surface area contributed by atoms with Gasteiger partial charge in [0.2, 0.25) is 11.8 Å². The van der Waals surface area contributed by atoms with Gasteiger partial charge < -0.3 is 27.2 Å². The van der Waals surface area contributed by atoms with Crippen LogP contribution < -0.4 is 27.6 Å². The third kappa shape index (κ3) is 25.2. The number of nitrogens with two attached hydrogens (primary N) is 2. The molecule has 0 aromatic heterocycles. The lowest BCUT2D eigenvalue weighted by Crippen LogP contribution is -2.51. The Balaban J connectivity index is 4.61. The molecule has 8 N–H and O–H groups in total. The van der Waals surface area contributed by atoms with Crippen LogP contribution in [0.4, 0.5) is 0 Å². The van der Waals surface area contributed by atoms with Gasteiger partial charge in [-0.3, -0.25) is 14.5 Å². The summed E-state index contributed by atoms with van der Waals surface area (Å²) < 4.78 is 0. The third-order valence-electron chi connectivity index (χ3n) is 7.88. The fraction of sp³-hybridized carbons (Fsp3) is 0.879. The molecule has 0 unspecified atom stereocenters. The molecule has 0 aliphatic heterocycles. The lowest BCUT2D eigenvalue weighted by atomic mass is 10.0. The lowest BCUT2D eigenvalue weighted by Gasteiger charge is -2.21. The van der Waals surface area contributed by atoms with E-state index in [1.807, 2.05) is 6.26 Å².